The molecule has 21 heavy (non-hydrogen) atoms. The second kappa shape index (κ2) is 5.44. The molecule has 0 unspecified atom stereocenters. The average molecular weight is 315 g/mol. The predicted molar refractivity (Wildman–Crippen MR) is 77.8 cm³/mol. The van der Waals surface area contributed by atoms with Crippen molar-refractivity contribution in [1.82, 2.24) is 9.97 Å². The Morgan fingerprint density at radius 1 is 1.29 bits per heavy atom. The molecule has 1 aliphatic rings. The molecule has 1 fully saturated rings. The van der Waals surface area contributed by atoms with Crippen LogP contribution in [0.1, 0.15) is 30.6 Å². The third-order valence-corrected chi connectivity index (χ3v) is 4.98. The zero-order valence-electron chi connectivity index (χ0n) is 11.7. The number of aromatic nitrogens is 2. The largest absolute Gasteiger partial charge is 0.393 e. The molecule has 2 heterocycles. The fourth-order valence-corrected chi connectivity index (χ4v) is 3.94. The van der Waals surface area contributed by atoms with Gasteiger partial charge in [-0.25, -0.2) is 9.97 Å². The molecule has 0 saturated heterocycles. The van der Waals surface area contributed by atoms with Crippen molar-refractivity contribution >= 4 is 27.4 Å². The minimum Gasteiger partial charge on any atom is -0.356 e. The summed E-state index contributed by atoms with van der Waals surface area (Å²) >= 11 is 1.10. The van der Waals surface area contributed by atoms with Gasteiger partial charge >= 0.3 is 6.18 Å². The van der Waals surface area contributed by atoms with Crippen molar-refractivity contribution in [3.8, 4) is 0 Å². The van der Waals surface area contributed by atoms with Gasteiger partial charge in [0.2, 0.25) is 0 Å². The van der Waals surface area contributed by atoms with E-state index in [9.17, 15) is 13.2 Å². The lowest BCUT2D eigenvalue weighted by Crippen LogP contribution is -2.29. The first-order valence-corrected chi connectivity index (χ1v) is 7.79. The average Bonchev–Trinajstić information content (AvgIpc) is 3.03. The molecular weight excluding hydrogens is 299 g/mol. The summed E-state index contributed by atoms with van der Waals surface area (Å²) in [6.45, 7) is 0. The maximum Gasteiger partial charge on any atom is 0.393 e. The zero-order chi connectivity index (χ0) is 15.0. The molecule has 0 bridgehead atoms. The molecule has 0 aliphatic heterocycles. The van der Waals surface area contributed by atoms with Gasteiger partial charge in [0.25, 0.3) is 0 Å². The molecule has 0 aromatic carbocycles. The maximum absolute atomic E-state index is 12.5. The van der Waals surface area contributed by atoms with Gasteiger partial charge in [0.15, 0.2) is 0 Å². The van der Waals surface area contributed by atoms with Gasteiger partial charge in [-0.05, 0) is 18.9 Å². The van der Waals surface area contributed by atoms with Crippen molar-refractivity contribution in [2.24, 2.45) is 0 Å². The maximum atomic E-state index is 12.5. The van der Waals surface area contributed by atoms with E-state index in [-0.39, 0.29) is 0 Å². The molecule has 0 N–H and O–H groups in total. The van der Waals surface area contributed by atoms with Crippen LogP contribution in [0.2, 0.25) is 0 Å². The molecule has 1 saturated carbocycles. The number of rotatable bonds is 3. The Balaban J connectivity index is 1.95. The topological polar surface area (TPSA) is 29.0 Å². The van der Waals surface area contributed by atoms with Gasteiger partial charge in [-0.15, -0.1) is 11.3 Å². The lowest BCUT2D eigenvalue weighted by atomic mass is 10.2. The Kier molecular flexibility index (Phi) is 3.77. The van der Waals surface area contributed by atoms with Crippen LogP contribution in [0.25, 0.3) is 10.2 Å². The van der Waals surface area contributed by atoms with Crippen LogP contribution >= 0.6 is 11.3 Å². The summed E-state index contributed by atoms with van der Waals surface area (Å²) < 4.78 is 37.6. The van der Waals surface area contributed by atoms with Crippen molar-refractivity contribution in [3.63, 3.8) is 0 Å². The number of hydrogen-bond donors (Lipinski definition) is 0. The monoisotopic (exact) mass is 315 g/mol. The number of thiophene rings is 1. The van der Waals surface area contributed by atoms with Crippen LogP contribution in [0.5, 0.6) is 0 Å². The summed E-state index contributed by atoms with van der Waals surface area (Å²) in [5, 5.41) is 0.733. The predicted octanol–water partition coefficient (Wildman–Crippen LogP) is 4.17. The first-order valence-electron chi connectivity index (χ1n) is 6.97. The van der Waals surface area contributed by atoms with Crippen LogP contribution in [0.15, 0.2) is 12.4 Å². The number of alkyl halides is 3. The molecule has 0 radical (unpaired) electrons. The van der Waals surface area contributed by atoms with E-state index >= 15 is 0 Å². The molecule has 3 rings (SSSR count). The normalized spacial score (nSPS) is 16.8. The fourth-order valence-electron chi connectivity index (χ4n) is 2.92. The van der Waals surface area contributed by atoms with E-state index in [2.05, 4.69) is 14.9 Å². The van der Waals surface area contributed by atoms with Gasteiger partial charge < -0.3 is 4.90 Å². The quantitative estimate of drug-likeness (QED) is 0.851. The van der Waals surface area contributed by atoms with Crippen molar-refractivity contribution < 1.29 is 13.2 Å². The minimum absolute atomic E-state index is 0.291. The molecule has 0 amide bonds. The summed E-state index contributed by atoms with van der Waals surface area (Å²) in [6.07, 6.45) is 0.977. The van der Waals surface area contributed by atoms with Gasteiger partial charge in [-0.1, -0.05) is 12.8 Å². The van der Waals surface area contributed by atoms with Crippen LogP contribution in [-0.2, 0) is 6.42 Å². The minimum atomic E-state index is -4.19. The highest BCUT2D eigenvalue weighted by Crippen LogP contribution is 2.35. The van der Waals surface area contributed by atoms with E-state index in [1.54, 1.807) is 6.07 Å². The Labute approximate surface area is 124 Å². The van der Waals surface area contributed by atoms with E-state index in [1.165, 1.54) is 19.2 Å². The number of nitrogens with zero attached hydrogens (tertiary/aromatic N) is 3. The van der Waals surface area contributed by atoms with Gasteiger partial charge in [-0.3, -0.25) is 0 Å². The summed E-state index contributed by atoms with van der Waals surface area (Å²) in [5.74, 6) is 0.747. The summed E-state index contributed by atoms with van der Waals surface area (Å²) in [7, 11) is 1.97. The summed E-state index contributed by atoms with van der Waals surface area (Å²) in [6, 6.07) is 2.02. The van der Waals surface area contributed by atoms with Crippen LogP contribution in [0, 0.1) is 0 Å². The van der Waals surface area contributed by atoms with E-state index in [0.717, 1.165) is 35.4 Å². The highest BCUT2D eigenvalue weighted by molar-refractivity contribution is 7.18. The number of hydrogen-bond acceptors (Lipinski definition) is 4. The number of fused-ring (bicyclic) bond motifs is 1. The fraction of sp³-hybridized carbons (Fsp3) is 0.571. The standard InChI is InChI=1S/C14H16F3N3S/c1-20(9-4-2-3-5-9)12-11-6-10(7-14(15,16)17)21-13(11)19-8-18-12/h6,8-9H,2-5,7H2,1H3. The molecule has 7 heteroatoms. The smallest absolute Gasteiger partial charge is 0.356 e. The van der Waals surface area contributed by atoms with Gasteiger partial charge in [0.05, 0.1) is 11.8 Å². The van der Waals surface area contributed by atoms with Gasteiger partial charge in [0.1, 0.15) is 17.0 Å². The van der Waals surface area contributed by atoms with E-state index in [1.807, 2.05) is 7.05 Å². The molecule has 3 nitrogen and oxygen atoms in total. The first-order chi connectivity index (χ1) is 9.94. The number of halogens is 3. The highest BCUT2D eigenvalue weighted by Gasteiger charge is 2.29. The molecule has 0 spiro atoms. The summed E-state index contributed by atoms with van der Waals surface area (Å²) in [4.78, 5) is 11.4. The van der Waals surface area contributed by atoms with Crippen LogP contribution in [0.3, 0.4) is 0 Å². The van der Waals surface area contributed by atoms with Crippen LogP contribution < -0.4 is 4.90 Å². The van der Waals surface area contributed by atoms with Gasteiger partial charge in [-0.2, -0.15) is 13.2 Å². The van der Waals surface area contributed by atoms with E-state index in [4.69, 9.17) is 0 Å². The Morgan fingerprint density at radius 2 is 2.00 bits per heavy atom. The van der Waals surface area contributed by atoms with E-state index < -0.39 is 12.6 Å². The third-order valence-electron chi connectivity index (χ3n) is 3.94. The van der Waals surface area contributed by atoms with Crippen molar-refractivity contribution in [2.45, 2.75) is 44.3 Å². The second-order valence-electron chi connectivity index (χ2n) is 5.47. The van der Waals surface area contributed by atoms with Crippen molar-refractivity contribution in [3.05, 3.63) is 17.3 Å². The Morgan fingerprint density at radius 3 is 2.67 bits per heavy atom. The molecular formula is C14H16F3N3S. The van der Waals surface area contributed by atoms with E-state index in [0.29, 0.717) is 15.7 Å². The van der Waals surface area contributed by atoms with Crippen LogP contribution in [-0.4, -0.2) is 29.2 Å². The van der Waals surface area contributed by atoms with Gasteiger partial charge in [0, 0.05) is 18.0 Å². The number of anilines is 1. The molecule has 2 aromatic heterocycles. The first kappa shape index (κ1) is 14.6. The molecule has 1 aliphatic carbocycles. The van der Waals surface area contributed by atoms with Crippen LogP contribution in [0.4, 0.5) is 19.0 Å². The van der Waals surface area contributed by atoms with Crippen molar-refractivity contribution in [2.75, 3.05) is 11.9 Å². The zero-order valence-corrected chi connectivity index (χ0v) is 12.5. The third kappa shape index (κ3) is 3.12. The SMILES string of the molecule is CN(c1ncnc2sc(CC(F)(F)F)cc12)C1CCCC1. The highest BCUT2D eigenvalue weighted by atomic mass is 32.1. The molecule has 2 aromatic rings. The second-order valence-corrected chi connectivity index (χ2v) is 6.59. The Bertz CT molecular complexity index is 632. The molecule has 0 atom stereocenters. The lowest BCUT2D eigenvalue weighted by molar-refractivity contribution is -0.126. The molecule has 114 valence electrons. The lowest BCUT2D eigenvalue weighted by Gasteiger charge is -2.25. The van der Waals surface area contributed by atoms with Crippen molar-refractivity contribution in [1.29, 1.82) is 0 Å². The Hall–Kier alpha value is -1.37. The summed E-state index contributed by atoms with van der Waals surface area (Å²) in [5.41, 5.74) is 0.